The van der Waals surface area contributed by atoms with Crippen LogP contribution in [0.3, 0.4) is 0 Å². The van der Waals surface area contributed by atoms with Crippen molar-refractivity contribution >= 4 is 21.7 Å². The lowest BCUT2D eigenvalue weighted by Gasteiger charge is -2.20. The summed E-state index contributed by atoms with van der Waals surface area (Å²) in [5, 5.41) is 2.67. The summed E-state index contributed by atoms with van der Waals surface area (Å²) < 4.78 is 23.3. The molecule has 96 valence electrons. The number of pyridine rings is 1. The molecule has 3 aromatic rings. The fourth-order valence-corrected chi connectivity index (χ4v) is 2.42. The number of aromatic nitrogens is 1. The molecule has 0 N–H and O–H groups in total. The van der Waals surface area contributed by atoms with Crippen LogP contribution in [0.15, 0.2) is 42.5 Å². The molecular formula is C18H19N. The number of fused-ring (bicyclic) bond motifs is 3. The molecule has 0 fully saturated rings. The summed E-state index contributed by atoms with van der Waals surface area (Å²) in [5.74, 6) is 0. The highest BCUT2D eigenvalue weighted by molar-refractivity contribution is 6.06. The van der Waals surface area contributed by atoms with Gasteiger partial charge in [-0.3, -0.25) is 4.98 Å². The first kappa shape index (κ1) is 9.08. The highest BCUT2D eigenvalue weighted by Crippen LogP contribution is 2.31. The highest BCUT2D eigenvalue weighted by atomic mass is 14.7. The molecule has 0 spiro atoms. The van der Waals surface area contributed by atoms with Gasteiger partial charge in [-0.15, -0.1) is 0 Å². The molecular weight excluding hydrogens is 230 g/mol. The van der Waals surface area contributed by atoms with Crippen LogP contribution in [0.4, 0.5) is 0 Å². The molecule has 0 amide bonds. The van der Waals surface area contributed by atoms with Gasteiger partial charge in [0.05, 0.1) is 5.52 Å². The van der Waals surface area contributed by atoms with Gasteiger partial charge in [0.15, 0.2) is 0 Å². The molecule has 0 saturated heterocycles. The van der Waals surface area contributed by atoms with Gasteiger partial charge in [-0.25, -0.2) is 0 Å². The number of aryl methyl sites for hydroxylation is 1. The van der Waals surface area contributed by atoms with E-state index in [1.165, 1.54) is 5.56 Å². The summed E-state index contributed by atoms with van der Waals surface area (Å²) in [6, 6.07) is 13.7. The van der Waals surface area contributed by atoms with Crippen molar-refractivity contribution in [3.8, 4) is 0 Å². The van der Waals surface area contributed by atoms with Gasteiger partial charge in [0.2, 0.25) is 0 Å². The first-order valence-corrected chi connectivity index (χ1v) is 6.51. The zero-order valence-electron chi connectivity index (χ0n) is 14.5. The monoisotopic (exact) mass is 252 g/mol. The zero-order valence-corrected chi connectivity index (χ0v) is 11.5. The van der Waals surface area contributed by atoms with Gasteiger partial charge >= 0.3 is 0 Å². The maximum atomic E-state index is 7.78. The smallest absolute Gasteiger partial charge is 0.0711 e. The van der Waals surface area contributed by atoms with Crippen molar-refractivity contribution in [1.29, 1.82) is 0 Å². The summed E-state index contributed by atoms with van der Waals surface area (Å²) in [6.45, 7) is 4.25. The third-order valence-corrected chi connectivity index (χ3v) is 3.57. The van der Waals surface area contributed by atoms with E-state index in [-0.39, 0.29) is 11.1 Å². The van der Waals surface area contributed by atoms with Crippen molar-refractivity contribution < 1.29 is 4.11 Å². The number of para-hydroxylation sites is 1. The van der Waals surface area contributed by atoms with Crippen LogP contribution in [-0.2, 0) is 5.41 Å². The van der Waals surface area contributed by atoms with E-state index in [9.17, 15) is 0 Å². The van der Waals surface area contributed by atoms with Crippen LogP contribution < -0.4 is 0 Å². The second-order valence-corrected chi connectivity index (χ2v) is 5.99. The molecule has 0 aliphatic carbocycles. The van der Waals surface area contributed by atoms with E-state index in [4.69, 9.17) is 4.11 Å². The average molecular weight is 252 g/mol. The lowest BCUT2D eigenvalue weighted by atomic mass is 9.85. The van der Waals surface area contributed by atoms with Gasteiger partial charge in [0, 0.05) is 20.6 Å². The van der Waals surface area contributed by atoms with Crippen molar-refractivity contribution in [2.45, 2.75) is 33.0 Å². The Bertz CT molecular complexity index is 858. The second kappa shape index (κ2) is 4.06. The van der Waals surface area contributed by atoms with Crippen LogP contribution in [-0.4, -0.2) is 4.98 Å². The Morgan fingerprint density at radius 2 is 1.74 bits per heavy atom. The quantitative estimate of drug-likeness (QED) is 0.513. The lowest BCUT2D eigenvalue weighted by molar-refractivity contribution is 0.591. The van der Waals surface area contributed by atoms with Crippen LogP contribution in [0.1, 0.15) is 36.1 Å². The van der Waals surface area contributed by atoms with Gasteiger partial charge in [-0.2, -0.15) is 0 Å². The molecule has 0 saturated carbocycles. The van der Waals surface area contributed by atoms with Crippen molar-refractivity contribution in [3.63, 3.8) is 0 Å². The highest BCUT2D eigenvalue weighted by Gasteiger charge is 2.15. The number of hydrogen-bond acceptors (Lipinski definition) is 1. The SMILES string of the molecule is [2H]C([2H])([2H])c1nc2ccccc2c2cc(C(C)(C)C)ccc12. The summed E-state index contributed by atoms with van der Waals surface area (Å²) >= 11 is 0. The maximum Gasteiger partial charge on any atom is 0.0711 e. The summed E-state index contributed by atoms with van der Waals surface area (Å²) in [5.41, 5.74) is 2.11. The minimum absolute atomic E-state index is 0.0126. The Kier molecular flexibility index (Phi) is 1.94. The maximum absolute atomic E-state index is 7.78. The lowest BCUT2D eigenvalue weighted by Crippen LogP contribution is -2.10. The number of benzene rings is 2. The third-order valence-electron chi connectivity index (χ3n) is 3.57. The van der Waals surface area contributed by atoms with Crippen LogP contribution in [0.25, 0.3) is 21.7 Å². The molecule has 0 radical (unpaired) electrons. The van der Waals surface area contributed by atoms with Gasteiger partial charge in [0.25, 0.3) is 0 Å². The summed E-state index contributed by atoms with van der Waals surface area (Å²) in [7, 11) is 0. The Hall–Kier alpha value is -1.89. The van der Waals surface area contributed by atoms with E-state index in [2.05, 4.69) is 31.8 Å². The van der Waals surface area contributed by atoms with E-state index in [1.54, 1.807) is 0 Å². The molecule has 1 heteroatoms. The van der Waals surface area contributed by atoms with E-state index in [0.717, 1.165) is 16.3 Å². The summed E-state index contributed by atoms with van der Waals surface area (Å²) in [4.78, 5) is 4.40. The van der Waals surface area contributed by atoms with Crippen molar-refractivity contribution in [2.75, 3.05) is 0 Å². The molecule has 2 aromatic carbocycles. The molecule has 3 rings (SSSR count). The average Bonchev–Trinajstić information content (AvgIpc) is 2.44. The third kappa shape index (κ3) is 1.99. The van der Waals surface area contributed by atoms with Crippen molar-refractivity contribution in [3.05, 3.63) is 53.7 Å². The predicted molar refractivity (Wildman–Crippen MR) is 82.7 cm³/mol. The first-order valence-electron chi connectivity index (χ1n) is 8.01. The van der Waals surface area contributed by atoms with Gasteiger partial charge in [0.1, 0.15) is 0 Å². The minimum atomic E-state index is -2.22. The fourth-order valence-electron chi connectivity index (χ4n) is 2.42. The second-order valence-electron chi connectivity index (χ2n) is 5.99. The Morgan fingerprint density at radius 1 is 0.947 bits per heavy atom. The molecule has 0 unspecified atom stereocenters. The number of hydrogen-bond donors (Lipinski definition) is 0. The number of rotatable bonds is 0. The molecule has 0 aliphatic heterocycles. The van der Waals surface area contributed by atoms with Crippen LogP contribution in [0.2, 0.25) is 0 Å². The van der Waals surface area contributed by atoms with Gasteiger partial charge in [-0.1, -0.05) is 51.1 Å². The van der Waals surface area contributed by atoms with E-state index >= 15 is 0 Å². The Balaban J connectivity index is 2.48. The molecule has 1 heterocycles. The van der Waals surface area contributed by atoms with E-state index in [0.29, 0.717) is 5.39 Å². The Morgan fingerprint density at radius 3 is 2.47 bits per heavy atom. The standard InChI is InChI=1S/C18H19N/c1-12-14-10-9-13(18(2,3)4)11-16(14)15-7-5-6-8-17(15)19-12/h5-11H,1-4H3/i1D3. The van der Waals surface area contributed by atoms with Crippen LogP contribution >= 0.6 is 0 Å². The summed E-state index contributed by atoms with van der Waals surface area (Å²) in [6.07, 6.45) is 0. The van der Waals surface area contributed by atoms with Crippen LogP contribution in [0.5, 0.6) is 0 Å². The first-order chi connectivity index (χ1) is 10.2. The fraction of sp³-hybridized carbons (Fsp3) is 0.278. The molecule has 1 nitrogen and oxygen atoms in total. The molecule has 0 bridgehead atoms. The zero-order chi connectivity index (χ0) is 16.1. The largest absolute Gasteiger partial charge is 0.252 e. The van der Waals surface area contributed by atoms with Gasteiger partial charge in [-0.05, 0) is 35.3 Å². The normalized spacial score (nSPS) is 15.2. The van der Waals surface area contributed by atoms with E-state index in [1.807, 2.05) is 36.4 Å². The topological polar surface area (TPSA) is 12.9 Å². The molecule has 0 aliphatic rings. The van der Waals surface area contributed by atoms with Crippen molar-refractivity contribution in [1.82, 2.24) is 4.98 Å². The molecule has 1 aromatic heterocycles. The molecule has 0 atom stereocenters. The van der Waals surface area contributed by atoms with Crippen molar-refractivity contribution in [2.24, 2.45) is 0 Å². The predicted octanol–water partition coefficient (Wildman–Crippen LogP) is 4.99. The number of nitrogens with zero attached hydrogens (tertiary/aromatic N) is 1. The van der Waals surface area contributed by atoms with Gasteiger partial charge < -0.3 is 0 Å². The Labute approximate surface area is 118 Å². The van der Waals surface area contributed by atoms with E-state index < -0.39 is 6.85 Å². The molecule has 19 heavy (non-hydrogen) atoms. The minimum Gasteiger partial charge on any atom is -0.252 e. The van der Waals surface area contributed by atoms with Crippen LogP contribution in [0, 0.1) is 6.85 Å².